The lowest BCUT2D eigenvalue weighted by molar-refractivity contribution is -0.139. The van der Waals surface area contributed by atoms with Gasteiger partial charge in [-0.1, -0.05) is 53.6 Å². The van der Waals surface area contributed by atoms with Crippen molar-refractivity contribution in [2.75, 3.05) is 39.8 Å². The first-order chi connectivity index (χ1) is 14.4. The first-order valence-corrected chi connectivity index (χ1v) is 10.6. The van der Waals surface area contributed by atoms with Crippen LogP contribution >= 0.6 is 11.6 Å². The SMILES string of the molecule is Cc1ccc([C@H](CNC(=O)C(=O)NCc2ccc(Cl)cc2)N2CCN(C)CC2)cc1. The van der Waals surface area contributed by atoms with E-state index < -0.39 is 11.8 Å². The summed E-state index contributed by atoms with van der Waals surface area (Å²) in [6.45, 7) is 6.54. The molecule has 1 saturated heterocycles. The summed E-state index contributed by atoms with van der Waals surface area (Å²) >= 11 is 5.87. The zero-order chi connectivity index (χ0) is 21.5. The van der Waals surface area contributed by atoms with Gasteiger partial charge >= 0.3 is 11.8 Å². The van der Waals surface area contributed by atoms with E-state index in [0.717, 1.165) is 37.3 Å². The van der Waals surface area contributed by atoms with Crippen LogP contribution in [0.1, 0.15) is 22.7 Å². The molecule has 1 heterocycles. The largest absolute Gasteiger partial charge is 0.346 e. The Morgan fingerprint density at radius 2 is 1.53 bits per heavy atom. The predicted octanol–water partition coefficient (Wildman–Crippen LogP) is 2.37. The third-order valence-corrected chi connectivity index (χ3v) is 5.72. The highest BCUT2D eigenvalue weighted by atomic mass is 35.5. The van der Waals surface area contributed by atoms with Gasteiger partial charge in [0.15, 0.2) is 0 Å². The minimum absolute atomic E-state index is 0.0346. The maximum atomic E-state index is 12.4. The van der Waals surface area contributed by atoms with Crippen LogP contribution in [-0.4, -0.2) is 61.4 Å². The average Bonchev–Trinajstić information content (AvgIpc) is 2.75. The number of nitrogens with zero attached hydrogens (tertiary/aromatic N) is 2. The summed E-state index contributed by atoms with van der Waals surface area (Å²) in [5.74, 6) is -1.25. The van der Waals surface area contributed by atoms with E-state index in [2.05, 4.69) is 58.7 Å². The molecule has 1 aliphatic rings. The third-order valence-electron chi connectivity index (χ3n) is 5.47. The lowest BCUT2D eigenvalue weighted by atomic mass is 10.0. The number of halogens is 1. The number of likely N-dealkylation sites (N-methyl/N-ethyl adjacent to an activating group) is 1. The number of hydrogen-bond acceptors (Lipinski definition) is 4. The molecule has 0 unspecified atom stereocenters. The number of rotatable bonds is 6. The van der Waals surface area contributed by atoms with E-state index in [1.807, 2.05) is 12.1 Å². The van der Waals surface area contributed by atoms with Crippen LogP contribution in [0.25, 0.3) is 0 Å². The van der Waals surface area contributed by atoms with E-state index in [1.165, 1.54) is 5.56 Å². The van der Waals surface area contributed by atoms with Gasteiger partial charge < -0.3 is 15.5 Å². The molecule has 0 radical (unpaired) electrons. The molecule has 160 valence electrons. The second-order valence-electron chi connectivity index (χ2n) is 7.78. The minimum Gasteiger partial charge on any atom is -0.346 e. The highest BCUT2D eigenvalue weighted by molar-refractivity contribution is 6.35. The Morgan fingerprint density at radius 3 is 2.17 bits per heavy atom. The number of carbonyl (C=O) groups is 2. The van der Waals surface area contributed by atoms with Gasteiger partial charge in [-0.25, -0.2) is 0 Å². The average molecular weight is 429 g/mol. The first-order valence-electron chi connectivity index (χ1n) is 10.2. The molecule has 2 amide bonds. The fourth-order valence-corrected chi connectivity index (χ4v) is 3.64. The summed E-state index contributed by atoms with van der Waals surface area (Å²) in [4.78, 5) is 29.3. The summed E-state index contributed by atoms with van der Waals surface area (Å²) in [6, 6.07) is 15.6. The fourth-order valence-electron chi connectivity index (χ4n) is 3.51. The van der Waals surface area contributed by atoms with Crippen molar-refractivity contribution in [3.63, 3.8) is 0 Å². The van der Waals surface area contributed by atoms with Crippen LogP contribution in [0.3, 0.4) is 0 Å². The Bertz CT molecular complexity index is 847. The number of benzene rings is 2. The molecule has 1 atom stereocenters. The molecule has 0 aromatic heterocycles. The van der Waals surface area contributed by atoms with Gasteiger partial charge in [-0.15, -0.1) is 0 Å². The molecule has 1 aliphatic heterocycles. The van der Waals surface area contributed by atoms with Gasteiger partial charge in [0, 0.05) is 44.3 Å². The van der Waals surface area contributed by atoms with Crippen molar-refractivity contribution in [1.82, 2.24) is 20.4 Å². The van der Waals surface area contributed by atoms with Crippen LogP contribution < -0.4 is 10.6 Å². The van der Waals surface area contributed by atoms with E-state index in [9.17, 15) is 9.59 Å². The lowest BCUT2D eigenvalue weighted by Crippen LogP contribution is -2.49. The van der Waals surface area contributed by atoms with Crippen molar-refractivity contribution in [2.24, 2.45) is 0 Å². The van der Waals surface area contributed by atoms with Gasteiger partial charge in [0.25, 0.3) is 0 Å². The van der Waals surface area contributed by atoms with E-state index in [1.54, 1.807) is 12.1 Å². The van der Waals surface area contributed by atoms with Crippen LogP contribution in [0.4, 0.5) is 0 Å². The predicted molar refractivity (Wildman–Crippen MR) is 119 cm³/mol. The Labute approximate surface area is 183 Å². The van der Waals surface area contributed by atoms with E-state index in [-0.39, 0.29) is 12.6 Å². The van der Waals surface area contributed by atoms with Crippen molar-refractivity contribution in [1.29, 1.82) is 0 Å². The van der Waals surface area contributed by atoms with Crippen molar-refractivity contribution >= 4 is 23.4 Å². The van der Waals surface area contributed by atoms with Gasteiger partial charge in [0.05, 0.1) is 6.04 Å². The topological polar surface area (TPSA) is 64.7 Å². The first kappa shape index (κ1) is 22.3. The second kappa shape index (κ2) is 10.6. The van der Waals surface area contributed by atoms with E-state index in [0.29, 0.717) is 11.6 Å². The normalized spacial score (nSPS) is 16.1. The smallest absolute Gasteiger partial charge is 0.309 e. The van der Waals surface area contributed by atoms with Crippen LogP contribution in [0.15, 0.2) is 48.5 Å². The molecular formula is C23H29ClN4O2. The highest BCUT2D eigenvalue weighted by Crippen LogP contribution is 2.22. The molecule has 2 aromatic rings. The minimum atomic E-state index is -0.633. The molecule has 0 saturated carbocycles. The zero-order valence-electron chi connectivity index (χ0n) is 17.5. The molecule has 0 spiro atoms. The molecule has 6 nitrogen and oxygen atoms in total. The monoisotopic (exact) mass is 428 g/mol. The highest BCUT2D eigenvalue weighted by Gasteiger charge is 2.25. The molecule has 30 heavy (non-hydrogen) atoms. The van der Waals surface area contributed by atoms with Gasteiger partial charge in [0.2, 0.25) is 0 Å². The molecular weight excluding hydrogens is 400 g/mol. The van der Waals surface area contributed by atoms with Crippen LogP contribution in [0.2, 0.25) is 5.02 Å². The Balaban J connectivity index is 1.58. The van der Waals surface area contributed by atoms with Gasteiger partial charge in [-0.2, -0.15) is 0 Å². The standard InChI is InChI=1S/C23H29ClN4O2/c1-17-3-7-19(8-4-17)21(28-13-11-27(2)12-14-28)16-26-23(30)22(29)25-15-18-5-9-20(24)10-6-18/h3-10,21H,11-16H2,1-2H3,(H,25,29)(H,26,30)/t21-/m0/s1. The Morgan fingerprint density at radius 1 is 0.933 bits per heavy atom. The van der Waals surface area contributed by atoms with Gasteiger partial charge in [-0.05, 0) is 37.2 Å². The summed E-state index contributed by atoms with van der Waals surface area (Å²) < 4.78 is 0. The second-order valence-corrected chi connectivity index (χ2v) is 8.22. The molecule has 3 rings (SSSR count). The maximum absolute atomic E-state index is 12.4. The van der Waals surface area contributed by atoms with Gasteiger partial charge in [0.1, 0.15) is 0 Å². The zero-order valence-corrected chi connectivity index (χ0v) is 18.3. The number of hydrogen-bond donors (Lipinski definition) is 2. The van der Waals surface area contributed by atoms with Crippen molar-refractivity contribution in [3.05, 3.63) is 70.2 Å². The van der Waals surface area contributed by atoms with E-state index >= 15 is 0 Å². The Hall–Kier alpha value is -2.41. The summed E-state index contributed by atoms with van der Waals surface area (Å²) in [6.07, 6.45) is 0. The molecule has 0 bridgehead atoms. The number of piperazine rings is 1. The fraction of sp³-hybridized carbons (Fsp3) is 0.391. The number of amides is 2. The van der Waals surface area contributed by atoms with Crippen LogP contribution in [0, 0.1) is 6.92 Å². The molecule has 2 aromatic carbocycles. The number of aryl methyl sites for hydroxylation is 1. The summed E-state index contributed by atoms with van der Waals surface area (Å²) in [5.41, 5.74) is 3.23. The number of carbonyl (C=O) groups excluding carboxylic acids is 2. The van der Waals surface area contributed by atoms with Crippen molar-refractivity contribution in [3.8, 4) is 0 Å². The molecule has 7 heteroatoms. The van der Waals surface area contributed by atoms with E-state index in [4.69, 9.17) is 11.6 Å². The quantitative estimate of drug-likeness (QED) is 0.693. The molecule has 2 N–H and O–H groups in total. The van der Waals surface area contributed by atoms with Crippen LogP contribution in [0.5, 0.6) is 0 Å². The Kier molecular flexibility index (Phi) is 7.85. The molecule has 0 aliphatic carbocycles. The van der Waals surface area contributed by atoms with Crippen LogP contribution in [-0.2, 0) is 16.1 Å². The van der Waals surface area contributed by atoms with Crippen molar-refractivity contribution in [2.45, 2.75) is 19.5 Å². The summed E-state index contributed by atoms with van der Waals surface area (Å²) in [7, 11) is 2.12. The van der Waals surface area contributed by atoms with Gasteiger partial charge in [-0.3, -0.25) is 14.5 Å². The lowest BCUT2D eigenvalue weighted by Gasteiger charge is -2.38. The maximum Gasteiger partial charge on any atom is 0.309 e. The third kappa shape index (κ3) is 6.29. The van der Waals surface area contributed by atoms with Crippen molar-refractivity contribution < 1.29 is 9.59 Å². The molecule has 1 fully saturated rings. The summed E-state index contributed by atoms with van der Waals surface area (Å²) in [5, 5.41) is 6.12. The number of nitrogens with one attached hydrogen (secondary N) is 2.